The van der Waals surface area contributed by atoms with Crippen molar-refractivity contribution < 1.29 is 14.3 Å². The Morgan fingerprint density at radius 3 is 2.74 bits per heavy atom. The number of aryl methyl sites for hydroxylation is 1. The molecule has 4 nitrogen and oxygen atoms in total. The molecule has 0 N–H and O–H groups in total. The van der Waals surface area contributed by atoms with Crippen molar-refractivity contribution in [3.05, 3.63) is 65.2 Å². The Morgan fingerprint density at radius 1 is 1.22 bits per heavy atom. The molecule has 2 aromatic carbocycles. The molecule has 1 heterocycles. The standard InChI is InChI=1S/C19H21NO3/c1-14-8-9-16(12-17(14)22-2)19(21)20-10-11-23-18(13-20)15-6-4-3-5-7-15/h3-9,12,18H,10-11,13H2,1-2H3. The van der Waals surface area contributed by atoms with Crippen LogP contribution < -0.4 is 4.74 Å². The van der Waals surface area contributed by atoms with E-state index in [0.29, 0.717) is 25.3 Å². The van der Waals surface area contributed by atoms with Gasteiger partial charge in [0.1, 0.15) is 11.9 Å². The van der Waals surface area contributed by atoms with Crippen LogP contribution in [0.3, 0.4) is 0 Å². The molecule has 1 atom stereocenters. The van der Waals surface area contributed by atoms with Gasteiger partial charge < -0.3 is 14.4 Å². The van der Waals surface area contributed by atoms with E-state index < -0.39 is 0 Å². The van der Waals surface area contributed by atoms with Gasteiger partial charge >= 0.3 is 0 Å². The second-order valence-corrected chi connectivity index (χ2v) is 5.71. The summed E-state index contributed by atoms with van der Waals surface area (Å²) < 4.78 is 11.1. The van der Waals surface area contributed by atoms with Crippen LogP contribution in [0.4, 0.5) is 0 Å². The summed E-state index contributed by atoms with van der Waals surface area (Å²) >= 11 is 0. The minimum absolute atomic E-state index is 0.0209. The fraction of sp³-hybridized carbons (Fsp3) is 0.316. The highest BCUT2D eigenvalue weighted by molar-refractivity contribution is 5.94. The van der Waals surface area contributed by atoms with Crippen LogP contribution in [0.1, 0.15) is 27.6 Å². The van der Waals surface area contributed by atoms with Gasteiger partial charge in [0.25, 0.3) is 5.91 Å². The van der Waals surface area contributed by atoms with Crippen molar-refractivity contribution >= 4 is 5.91 Å². The molecule has 0 aliphatic carbocycles. The van der Waals surface area contributed by atoms with E-state index in [9.17, 15) is 4.79 Å². The van der Waals surface area contributed by atoms with Gasteiger partial charge in [-0.1, -0.05) is 36.4 Å². The lowest BCUT2D eigenvalue weighted by molar-refractivity contribution is -0.0228. The first-order valence-electron chi connectivity index (χ1n) is 7.79. The first-order valence-corrected chi connectivity index (χ1v) is 7.79. The van der Waals surface area contributed by atoms with Crippen LogP contribution in [-0.4, -0.2) is 37.6 Å². The molecule has 1 amide bonds. The maximum atomic E-state index is 12.8. The molecule has 3 rings (SSSR count). The van der Waals surface area contributed by atoms with Crippen molar-refractivity contribution in [2.45, 2.75) is 13.0 Å². The minimum Gasteiger partial charge on any atom is -0.496 e. The van der Waals surface area contributed by atoms with Crippen LogP contribution in [0.5, 0.6) is 5.75 Å². The van der Waals surface area contributed by atoms with Crippen LogP contribution in [0.2, 0.25) is 0 Å². The number of amides is 1. The van der Waals surface area contributed by atoms with Gasteiger partial charge in [0.2, 0.25) is 0 Å². The quantitative estimate of drug-likeness (QED) is 0.873. The Balaban J connectivity index is 1.77. The minimum atomic E-state index is -0.0683. The van der Waals surface area contributed by atoms with Crippen LogP contribution in [-0.2, 0) is 4.74 Å². The summed E-state index contributed by atoms with van der Waals surface area (Å²) in [6, 6.07) is 15.6. The predicted molar refractivity (Wildman–Crippen MR) is 88.8 cm³/mol. The zero-order valence-corrected chi connectivity index (χ0v) is 13.5. The molecule has 0 radical (unpaired) electrons. The first kappa shape index (κ1) is 15.6. The second kappa shape index (κ2) is 6.84. The van der Waals surface area contributed by atoms with Gasteiger partial charge in [0.05, 0.1) is 20.3 Å². The predicted octanol–water partition coefficient (Wildman–Crippen LogP) is 3.22. The molecular formula is C19H21NO3. The Hall–Kier alpha value is -2.33. The number of nitrogens with zero attached hydrogens (tertiary/aromatic N) is 1. The highest BCUT2D eigenvalue weighted by Gasteiger charge is 2.26. The van der Waals surface area contributed by atoms with Crippen LogP contribution >= 0.6 is 0 Å². The fourth-order valence-corrected chi connectivity index (χ4v) is 2.84. The molecule has 0 aromatic heterocycles. The number of carbonyl (C=O) groups excluding carboxylic acids is 1. The molecule has 1 saturated heterocycles. The SMILES string of the molecule is COc1cc(C(=O)N2CCOC(c3ccccc3)C2)ccc1C. The van der Waals surface area contributed by atoms with E-state index in [1.54, 1.807) is 7.11 Å². The Kier molecular flexibility index (Phi) is 4.63. The van der Waals surface area contributed by atoms with E-state index in [-0.39, 0.29) is 12.0 Å². The van der Waals surface area contributed by atoms with Crippen molar-refractivity contribution in [2.75, 3.05) is 26.8 Å². The highest BCUT2D eigenvalue weighted by atomic mass is 16.5. The molecule has 1 aliphatic rings. The van der Waals surface area contributed by atoms with E-state index in [0.717, 1.165) is 16.9 Å². The molecular weight excluding hydrogens is 290 g/mol. The van der Waals surface area contributed by atoms with Gasteiger partial charge in [0, 0.05) is 12.1 Å². The van der Waals surface area contributed by atoms with Gasteiger partial charge in [-0.15, -0.1) is 0 Å². The average molecular weight is 311 g/mol. The smallest absolute Gasteiger partial charge is 0.254 e. The van der Waals surface area contributed by atoms with E-state index in [1.165, 1.54) is 0 Å². The highest BCUT2D eigenvalue weighted by Crippen LogP contribution is 2.25. The summed E-state index contributed by atoms with van der Waals surface area (Å²) in [5.41, 5.74) is 2.78. The molecule has 1 fully saturated rings. The van der Waals surface area contributed by atoms with Gasteiger partial charge in [-0.05, 0) is 30.2 Å². The summed E-state index contributed by atoms with van der Waals surface area (Å²) in [5.74, 6) is 0.760. The number of carbonyl (C=O) groups is 1. The number of methoxy groups -OCH3 is 1. The lowest BCUT2D eigenvalue weighted by Gasteiger charge is -2.33. The monoisotopic (exact) mass is 311 g/mol. The summed E-state index contributed by atoms with van der Waals surface area (Å²) in [6.45, 7) is 3.69. The van der Waals surface area contributed by atoms with Crippen molar-refractivity contribution in [2.24, 2.45) is 0 Å². The molecule has 120 valence electrons. The van der Waals surface area contributed by atoms with Gasteiger partial charge in [-0.2, -0.15) is 0 Å². The largest absolute Gasteiger partial charge is 0.496 e. The van der Waals surface area contributed by atoms with E-state index in [1.807, 2.05) is 60.4 Å². The molecule has 1 unspecified atom stereocenters. The average Bonchev–Trinajstić information content (AvgIpc) is 2.62. The van der Waals surface area contributed by atoms with Gasteiger partial charge in [-0.3, -0.25) is 4.79 Å². The molecule has 1 aliphatic heterocycles. The van der Waals surface area contributed by atoms with Gasteiger partial charge in [-0.25, -0.2) is 0 Å². The summed E-state index contributed by atoms with van der Waals surface area (Å²) in [4.78, 5) is 14.6. The number of hydrogen-bond donors (Lipinski definition) is 0. The Bertz CT molecular complexity index is 684. The summed E-state index contributed by atoms with van der Waals surface area (Å²) in [5, 5.41) is 0. The molecule has 4 heteroatoms. The van der Waals surface area contributed by atoms with Crippen molar-refractivity contribution in [3.8, 4) is 5.75 Å². The number of morpholine rings is 1. The van der Waals surface area contributed by atoms with E-state index in [4.69, 9.17) is 9.47 Å². The second-order valence-electron chi connectivity index (χ2n) is 5.71. The topological polar surface area (TPSA) is 38.8 Å². The third-order valence-electron chi connectivity index (χ3n) is 4.18. The number of rotatable bonds is 3. The zero-order valence-electron chi connectivity index (χ0n) is 13.5. The van der Waals surface area contributed by atoms with Gasteiger partial charge in [0.15, 0.2) is 0 Å². The third-order valence-corrected chi connectivity index (χ3v) is 4.18. The lowest BCUT2D eigenvalue weighted by atomic mass is 10.1. The maximum Gasteiger partial charge on any atom is 0.254 e. The van der Waals surface area contributed by atoms with Crippen molar-refractivity contribution in [1.82, 2.24) is 4.90 Å². The van der Waals surface area contributed by atoms with Crippen molar-refractivity contribution in [3.63, 3.8) is 0 Å². The van der Waals surface area contributed by atoms with Crippen molar-refractivity contribution in [1.29, 1.82) is 0 Å². The first-order chi connectivity index (χ1) is 11.2. The fourth-order valence-electron chi connectivity index (χ4n) is 2.84. The van der Waals surface area contributed by atoms with E-state index >= 15 is 0 Å². The summed E-state index contributed by atoms with van der Waals surface area (Å²) in [6.07, 6.45) is -0.0683. The lowest BCUT2D eigenvalue weighted by Crippen LogP contribution is -2.42. The normalized spacial score (nSPS) is 17.8. The molecule has 0 bridgehead atoms. The molecule has 23 heavy (non-hydrogen) atoms. The molecule has 2 aromatic rings. The van der Waals surface area contributed by atoms with Crippen LogP contribution in [0.15, 0.2) is 48.5 Å². The Labute approximate surface area is 136 Å². The zero-order chi connectivity index (χ0) is 16.2. The maximum absolute atomic E-state index is 12.8. The number of benzene rings is 2. The van der Waals surface area contributed by atoms with E-state index in [2.05, 4.69) is 0 Å². The number of ether oxygens (including phenoxy) is 2. The molecule has 0 spiro atoms. The molecule has 0 saturated carbocycles. The third kappa shape index (κ3) is 3.37. The Morgan fingerprint density at radius 2 is 2.00 bits per heavy atom. The van der Waals surface area contributed by atoms with Crippen LogP contribution in [0, 0.1) is 6.92 Å². The summed E-state index contributed by atoms with van der Waals surface area (Å²) in [7, 11) is 1.62. The van der Waals surface area contributed by atoms with Crippen LogP contribution in [0.25, 0.3) is 0 Å². The number of hydrogen-bond acceptors (Lipinski definition) is 3.